The number of benzene rings is 3. The molecule has 1 N–H and O–H groups in total. The highest BCUT2D eigenvalue weighted by Gasteiger charge is 2.20. The maximum Gasteiger partial charge on any atom is 0.119 e. The van der Waals surface area contributed by atoms with Crippen molar-refractivity contribution in [2.45, 2.75) is 19.3 Å². The minimum Gasteiger partial charge on any atom is -0.392 e. The second kappa shape index (κ2) is 10.00. The number of nitriles is 2. The Kier molecular flexibility index (Phi) is 6.69. The highest BCUT2D eigenvalue weighted by molar-refractivity contribution is 7.09. The van der Waals surface area contributed by atoms with Gasteiger partial charge in [0.1, 0.15) is 6.10 Å². The van der Waals surface area contributed by atoms with Gasteiger partial charge < -0.3 is 9.84 Å². The van der Waals surface area contributed by atoms with Gasteiger partial charge in [0.05, 0.1) is 46.9 Å². The molecular formula is C26H19N3O2S. The number of aliphatic hydroxyl groups excluding tert-OH is 1. The Labute approximate surface area is 190 Å². The average Bonchev–Trinajstić information content (AvgIpc) is 3.39. The summed E-state index contributed by atoms with van der Waals surface area (Å²) < 4.78 is 6.31. The second-order valence-corrected chi connectivity index (χ2v) is 8.05. The van der Waals surface area contributed by atoms with Crippen molar-refractivity contribution in [3.05, 3.63) is 111 Å². The van der Waals surface area contributed by atoms with E-state index in [2.05, 4.69) is 17.1 Å². The van der Waals surface area contributed by atoms with Crippen molar-refractivity contribution in [2.24, 2.45) is 0 Å². The van der Waals surface area contributed by atoms with Gasteiger partial charge in [-0.05, 0) is 46.5 Å². The quantitative estimate of drug-likeness (QED) is 0.421. The minimum atomic E-state index is -0.370. The summed E-state index contributed by atoms with van der Waals surface area (Å²) in [6.07, 6.45) is 1.42. The molecule has 1 aromatic heterocycles. The van der Waals surface area contributed by atoms with Crippen molar-refractivity contribution in [2.75, 3.05) is 0 Å². The Morgan fingerprint density at radius 2 is 1.78 bits per heavy atom. The number of thiazole rings is 1. The van der Waals surface area contributed by atoms with Gasteiger partial charge in [0.25, 0.3) is 0 Å². The Morgan fingerprint density at radius 1 is 0.969 bits per heavy atom. The molecule has 5 nitrogen and oxygen atoms in total. The third kappa shape index (κ3) is 4.59. The fraction of sp³-hybridized carbons (Fsp3) is 0.115. The largest absolute Gasteiger partial charge is 0.392 e. The molecule has 0 aliphatic carbocycles. The van der Waals surface area contributed by atoms with E-state index in [9.17, 15) is 10.4 Å². The van der Waals surface area contributed by atoms with Gasteiger partial charge >= 0.3 is 0 Å². The predicted octanol–water partition coefficient (Wildman–Crippen LogP) is 5.35. The van der Waals surface area contributed by atoms with Gasteiger partial charge in [-0.3, -0.25) is 4.98 Å². The summed E-state index contributed by atoms with van der Waals surface area (Å²) in [6.45, 7) is 0.246. The fourth-order valence-corrected chi connectivity index (χ4v) is 4.21. The molecule has 1 atom stereocenters. The Bertz CT molecular complexity index is 1290. The van der Waals surface area contributed by atoms with E-state index in [1.54, 1.807) is 29.9 Å². The van der Waals surface area contributed by atoms with Crippen molar-refractivity contribution < 1.29 is 9.84 Å². The third-order valence-corrected chi connectivity index (χ3v) is 5.97. The van der Waals surface area contributed by atoms with E-state index in [-0.39, 0.29) is 12.7 Å². The molecule has 0 radical (unpaired) electrons. The Hall–Kier alpha value is -3.81. The van der Waals surface area contributed by atoms with Crippen LogP contribution in [-0.2, 0) is 18.0 Å². The number of ether oxygens (including phenoxy) is 1. The zero-order valence-corrected chi connectivity index (χ0v) is 17.9. The van der Waals surface area contributed by atoms with Crippen LogP contribution in [0.4, 0.5) is 0 Å². The summed E-state index contributed by atoms with van der Waals surface area (Å²) in [7, 11) is 0. The molecule has 32 heavy (non-hydrogen) atoms. The van der Waals surface area contributed by atoms with Gasteiger partial charge in [-0.2, -0.15) is 10.5 Å². The summed E-state index contributed by atoms with van der Waals surface area (Å²) in [5.41, 5.74) is 7.09. The Morgan fingerprint density at radius 3 is 2.47 bits per heavy atom. The molecule has 0 aliphatic rings. The average molecular weight is 438 g/mol. The van der Waals surface area contributed by atoms with Crippen molar-refractivity contribution >= 4 is 11.3 Å². The van der Waals surface area contributed by atoms with Crippen LogP contribution in [0.2, 0.25) is 0 Å². The maximum atomic E-state index is 9.79. The van der Waals surface area contributed by atoms with Crippen LogP contribution in [0.5, 0.6) is 0 Å². The van der Waals surface area contributed by atoms with Gasteiger partial charge in [-0.25, -0.2) is 0 Å². The van der Waals surface area contributed by atoms with Gasteiger partial charge in [-0.15, -0.1) is 11.3 Å². The van der Waals surface area contributed by atoms with Crippen LogP contribution in [-0.4, -0.2) is 10.1 Å². The SMILES string of the molecule is N#Cc1ccc(COC(c2ccc(C#N)c(-c3ccccc3CO)c2)c2cncs2)cc1. The molecule has 4 rings (SSSR count). The molecule has 0 amide bonds. The number of hydrogen-bond acceptors (Lipinski definition) is 6. The summed E-state index contributed by atoms with van der Waals surface area (Å²) in [6, 6.07) is 24.8. The van der Waals surface area contributed by atoms with E-state index in [1.165, 1.54) is 11.3 Å². The van der Waals surface area contributed by atoms with Crippen LogP contribution < -0.4 is 0 Å². The van der Waals surface area contributed by atoms with Crippen LogP contribution in [0, 0.1) is 22.7 Å². The molecule has 156 valence electrons. The Balaban J connectivity index is 1.71. The van der Waals surface area contributed by atoms with Crippen molar-refractivity contribution in [3.63, 3.8) is 0 Å². The minimum absolute atomic E-state index is 0.112. The lowest BCUT2D eigenvalue weighted by atomic mass is 9.93. The first-order valence-electron chi connectivity index (χ1n) is 9.95. The van der Waals surface area contributed by atoms with Crippen molar-refractivity contribution in [1.82, 2.24) is 4.98 Å². The van der Waals surface area contributed by atoms with Gasteiger partial charge in [0, 0.05) is 11.8 Å². The van der Waals surface area contributed by atoms with E-state index in [4.69, 9.17) is 10.00 Å². The predicted molar refractivity (Wildman–Crippen MR) is 122 cm³/mol. The second-order valence-electron chi connectivity index (χ2n) is 7.14. The summed E-state index contributed by atoms with van der Waals surface area (Å²) in [4.78, 5) is 5.15. The molecule has 0 spiro atoms. The van der Waals surface area contributed by atoms with Crippen molar-refractivity contribution in [1.29, 1.82) is 10.5 Å². The molecular weight excluding hydrogens is 418 g/mol. The molecule has 6 heteroatoms. The van der Waals surface area contributed by atoms with E-state index in [0.717, 1.165) is 32.7 Å². The van der Waals surface area contributed by atoms with Gasteiger partial charge in [0.2, 0.25) is 0 Å². The summed E-state index contributed by atoms with van der Waals surface area (Å²) >= 11 is 1.50. The molecule has 1 heterocycles. The first kappa shape index (κ1) is 21.4. The van der Waals surface area contributed by atoms with Crippen LogP contribution in [0.1, 0.15) is 38.8 Å². The van der Waals surface area contributed by atoms with Crippen LogP contribution in [0.3, 0.4) is 0 Å². The molecule has 1 unspecified atom stereocenters. The monoisotopic (exact) mass is 437 g/mol. The number of nitrogens with zero attached hydrogens (tertiary/aromatic N) is 3. The van der Waals surface area contributed by atoms with E-state index >= 15 is 0 Å². The first-order chi connectivity index (χ1) is 15.7. The standard InChI is InChI=1S/C26H19N3O2S/c27-12-18-5-7-19(8-6-18)16-31-26(25-14-29-17-32-25)20-9-10-21(13-28)24(11-20)23-4-2-1-3-22(23)15-30/h1-11,14,17,26,30H,15-16H2. The smallest absolute Gasteiger partial charge is 0.119 e. The maximum absolute atomic E-state index is 9.79. The van der Waals surface area contributed by atoms with E-state index < -0.39 is 0 Å². The van der Waals surface area contributed by atoms with Crippen LogP contribution >= 0.6 is 11.3 Å². The normalized spacial score (nSPS) is 11.5. The molecule has 3 aromatic carbocycles. The highest BCUT2D eigenvalue weighted by atomic mass is 32.1. The first-order valence-corrected chi connectivity index (χ1v) is 10.8. The number of aromatic nitrogens is 1. The topological polar surface area (TPSA) is 89.9 Å². The fourth-order valence-electron chi connectivity index (χ4n) is 3.52. The van der Waals surface area contributed by atoms with E-state index in [1.807, 2.05) is 48.5 Å². The number of rotatable bonds is 7. The van der Waals surface area contributed by atoms with E-state index in [0.29, 0.717) is 17.7 Å². The van der Waals surface area contributed by atoms with Gasteiger partial charge in [-0.1, -0.05) is 42.5 Å². The van der Waals surface area contributed by atoms with Crippen LogP contribution in [0.15, 0.2) is 78.4 Å². The highest BCUT2D eigenvalue weighted by Crippen LogP contribution is 2.35. The lowest BCUT2D eigenvalue weighted by Gasteiger charge is -2.19. The van der Waals surface area contributed by atoms with Crippen LogP contribution in [0.25, 0.3) is 11.1 Å². The van der Waals surface area contributed by atoms with Crippen molar-refractivity contribution in [3.8, 4) is 23.3 Å². The molecule has 0 aliphatic heterocycles. The van der Waals surface area contributed by atoms with Gasteiger partial charge in [0.15, 0.2) is 0 Å². The lowest BCUT2D eigenvalue weighted by molar-refractivity contribution is 0.0689. The molecule has 0 bridgehead atoms. The zero-order chi connectivity index (χ0) is 22.3. The number of aliphatic hydroxyl groups is 1. The molecule has 0 saturated carbocycles. The zero-order valence-electron chi connectivity index (χ0n) is 17.1. The molecule has 0 saturated heterocycles. The third-order valence-electron chi connectivity index (χ3n) is 5.15. The summed E-state index contributed by atoms with van der Waals surface area (Å²) in [5, 5.41) is 28.5. The number of hydrogen-bond donors (Lipinski definition) is 1. The lowest BCUT2D eigenvalue weighted by Crippen LogP contribution is -2.06. The summed E-state index contributed by atoms with van der Waals surface area (Å²) in [5.74, 6) is 0. The molecule has 0 fully saturated rings. The molecule has 4 aromatic rings.